The van der Waals surface area contributed by atoms with Crippen LogP contribution in [0.1, 0.15) is 17.3 Å². The molecule has 9 heteroatoms. The maximum absolute atomic E-state index is 14.5. The second-order valence-electron chi connectivity index (χ2n) is 7.95. The number of hydrogen-bond donors (Lipinski definition) is 2. The van der Waals surface area contributed by atoms with Crippen molar-refractivity contribution in [3.8, 4) is 5.88 Å². The molecule has 0 spiro atoms. The maximum atomic E-state index is 14.5. The second kappa shape index (κ2) is 7.82. The molecule has 0 fully saturated rings. The Morgan fingerprint density at radius 2 is 2.00 bits per heavy atom. The normalized spacial score (nSPS) is 16.2. The number of methoxy groups -OCH3 is 1. The van der Waals surface area contributed by atoms with Gasteiger partial charge < -0.3 is 15.2 Å². The van der Waals surface area contributed by atoms with Crippen molar-refractivity contribution in [2.75, 3.05) is 19.0 Å². The predicted molar refractivity (Wildman–Crippen MR) is 110 cm³/mol. The van der Waals surface area contributed by atoms with E-state index in [1.54, 1.807) is 24.3 Å². The lowest BCUT2D eigenvalue weighted by Gasteiger charge is -2.33. The van der Waals surface area contributed by atoms with Crippen molar-refractivity contribution in [2.24, 2.45) is 0 Å². The van der Waals surface area contributed by atoms with Crippen LogP contribution in [0.3, 0.4) is 0 Å². The van der Waals surface area contributed by atoms with Gasteiger partial charge >= 0.3 is 6.09 Å². The average molecular weight is 418 g/mol. The van der Waals surface area contributed by atoms with Crippen LogP contribution in [0, 0.1) is 5.82 Å². The molecule has 1 aromatic carbocycles. The molecule has 1 aliphatic heterocycles. The zero-order valence-electron chi connectivity index (χ0n) is 16.8. The summed E-state index contributed by atoms with van der Waals surface area (Å²) in [6.07, 6.45) is -0.825. The van der Waals surface area contributed by atoms with Crippen LogP contribution in [-0.4, -0.2) is 48.7 Å². The quantitative estimate of drug-likeness (QED) is 0.746. The van der Waals surface area contributed by atoms with E-state index in [0.29, 0.717) is 28.7 Å². The molecule has 2 aromatic rings. The molecule has 0 bridgehead atoms. The fourth-order valence-corrected chi connectivity index (χ4v) is 4.85. The average Bonchev–Trinajstić information content (AvgIpc) is 2.65. The van der Waals surface area contributed by atoms with Gasteiger partial charge in [-0.25, -0.2) is 14.2 Å². The molecule has 1 unspecified atom stereocenters. The Hall–Kier alpha value is -2.94. The first-order valence-electron chi connectivity index (χ1n) is 9.26. The standard InChI is InChI=1S/C20H24FN3O4Si/c1-28-17-8-6-13-15(23-17)9-10-24(20(26)27)18(13)19(25)22-12-5-7-16(14(21)11-12)29(2,3)4/h5-8,11,18H,9-10H2,1-4H3,(H,22,25)(H,26,27). The molecule has 0 radical (unpaired) electrons. The van der Waals surface area contributed by atoms with Crippen LogP contribution < -0.4 is 15.2 Å². The number of aromatic nitrogens is 1. The van der Waals surface area contributed by atoms with Gasteiger partial charge in [0.25, 0.3) is 5.91 Å². The van der Waals surface area contributed by atoms with E-state index < -0.39 is 26.1 Å². The summed E-state index contributed by atoms with van der Waals surface area (Å²) in [5.41, 5.74) is 1.40. The summed E-state index contributed by atoms with van der Waals surface area (Å²) >= 11 is 0. The van der Waals surface area contributed by atoms with E-state index in [9.17, 15) is 19.1 Å². The molecule has 2 N–H and O–H groups in total. The summed E-state index contributed by atoms with van der Waals surface area (Å²) in [5.74, 6) is -0.524. The number of carboxylic acid groups (broad SMARTS) is 1. The number of amides is 2. The highest BCUT2D eigenvalue weighted by Gasteiger charge is 2.37. The summed E-state index contributed by atoms with van der Waals surface area (Å²) < 4.78 is 19.6. The van der Waals surface area contributed by atoms with Gasteiger partial charge in [0, 0.05) is 30.3 Å². The van der Waals surface area contributed by atoms with Gasteiger partial charge in [-0.15, -0.1) is 0 Å². The number of halogens is 1. The van der Waals surface area contributed by atoms with E-state index in [1.807, 2.05) is 19.6 Å². The van der Waals surface area contributed by atoms with E-state index in [0.717, 1.165) is 4.90 Å². The Morgan fingerprint density at radius 3 is 2.59 bits per heavy atom. The van der Waals surface area contributed by atoms with E-state index in [1.165, 1.54) is 13.2 Å². The minimum Gasteiger partial charge on any atom is -0.481 e. The van der Waals surface area contributed by atoms with E-state index in [4.69, 9.17) is 4.74 Å². The van der Waals surface area contributed by atoms with Crippen molar-refractivity contribution in [3.05, 3.63) is 47.4 Å². The molecule has 1 aromatic heterocycles. The smallest absolute Gasteiger partial charge is 0.408 e. The van der Waals surface area contributed by atoms with Gasteiger partial charge in [-0.2, -0.15) is 0 Å². The zero-order chi connectivity index (χ0) is 21.3. The molecule has 0 saturated heterocycles. The highest BCUT2D eigenvalue weighted by molar-refractivity contribution is 6.88. The third kappa shape index (κ3) is 4.24. The lowest BCUT2D eigenvalue weighted by Crippen LogP contribution is -2.45. The van der Waals surface area contributed by atoms with Crippen molar-refractivity contribution in [1.82, 2.24) is 9.88 Å². The molecule has 0 saturated carbocycles. The number of benzene rings is 1. The van der Waals surface area contributed by atoms with Crippen molar-refractivity contribution in [2.45, 2.75) is 32.1 Å². The Kier molecular flexibility index (Phi) is 5.61. The summed E-state index contributed by atoms with van der Waals surface area (Å²) in [5, 5.41) is 12.9. The molecule has 1 atom stereocenters. The summed E-state index contributed by atoms with van der Waals surface area (Å²) in [7, 11) is -0.359. The fraction of sp³-hybridized carbons (Fsp3) is 0.350. The van der Waals surface area contributed by atoms with Crippen molar-refractivity contribution in [3.63, 3.8) is 0 Å². The van der Waals surface area contributed by atoms with Gasteiger partial charge in [-0.3, -0.25) is 9.69 Å². The van der Waals surface area contributed by atoms with Gasteiger partial charge in [0.15, 0.2) is 0 Å². The zero-order valence-corrected chi connectivity index (χ0v) is 17.8. The molecule has 29 heavy (non-hydrogen) atoms. The largest absolute Gasteiger partial charge is 0.481 e. The number of pyridine rings is 1. The molecule has 7 nitrogen and oxygen atoms in total. The van der Waals surface area contributed by atoms with Crippen LogP contribution in [0.4, 0.5) is 14.9 Å². The van der Waals surface area contributed by atoms with Gasteiger partial charge in [0.2, 0.25) is 5.88 Å². The van der Waals surface area contributed by atoms with Crippen LogP contribution in [-0.2, 0) is 11.2 Å². The maximum Gasteiger partial charge on any atom is 0.408 e. The van der Waals surface area contributed by atoms with Crippen LogP contribution in [0.15, 0.2) is 30.3 Å². The number of nitrogens with zero attached hydrogens (tertiary/aromatic N) is 2. The van der Waals surface area contributed by atoms with Crippen LogP contribution in [0.2, 0.25) is 19.6 Å². The van der Waals surface area contributed by atoms with Crippen LogP contribution in [0.25, 0.3) is 0 Å². The highest BCUT2D eigenvalue weighted by atomic mass is 28.3. The number of fused-ring (bicyclic) bond motifs is 1. The minimum absolute atomic E-state index is 0.128. The number of ether oxygens (including phenoxy) is 1. The number of nitrogens with one attached hydrogen (secondary N) is 1. The fourth-order valence-electron chi connectivity index (χ4n) is 3.48. The predicted octanol–water partition coefficient (Wildman–Crippen LogP) is 2.99. The topological polar surface area (TPSA) is 91.8 Å². The van der Waals surface area contributed by atoms with Crippen LogP contribution in [0.5, 0.6) is 5.88 Å². The first kappa shape index (κ1) is 20.8. The van der Waals surface area contributed by atoms with Gasteiger partial charge in [0.05, 0.1) is 20.9 Å². The first-order valence-corrected chi connectivity index (χ1v) is 12.8. The molecular weight excluding hydrogens is 393 g/mol. The summed E-state index contributed by atoms with van der Waals surface area (Å²) in [6, 6.07) is 6.78. The third-order valence-electron chi connectivity index (χ3n) is 4.93. The van der Waals surface area contributed by atoms with E-state index in [-0.39, 0.29) is 18.0 Å². The molecule has 0 aliphatic carbocycles. The van der Waals surface area contributed by atoms with Crippen molar-refractivity contribution < 1.29 is 23.8 Å². The van der Waals surface area contributed by atoms with Gasteiger partial charge in [-0.05, 0) is 23.4 Å². The molecule has 3 rings (SSSR count). The van der Waals surface area contributed by atoms with Crippen molar-refractivity contribution >= 4 is 30.9 Å². The van der Waals surface area contributed by atoms with Crippen LogP contribution >= 0.6 is 0 Å². The lowest BCUT2D eigenvalue weighted by atomic mass is 9.96. The Labute approximate surface area is 169 Å². The molecule has 2 amide bonds. The monoisotopic (exact) mass is 417 g/mol. The summed E-state index contributed by atoms with van der Waals surface area (Å²) in [6.45, 7) is 6.24. The number of carbonyl (C=O) groups is 2. The Balaban J connectivity index is 1.92. The lowest BCUT2D eigenvalue weighted by molar-refractivity contribution is -0.121. The number of carbonyl (C=O) groups excluding carboxylic acids is 1. The molecular formula is C20H24FN3O4Si. The molecule has 1 aliphatic rings. The van der Waals surface area contributed by atoms with E-state index in [2.05, 4.69) is 10.3 Å². The third-order valence-corrected chi connectivity index (χ3v) is 6.95. The number of hydrogen-bond acceptors (Lipinski definition) is 4. The molecule has 154 valence electrons. The number of rotatable bonds is 4. The SMILES string of the molecule is COc1ccc2c(n1)CCN(C(=O)O)C2C(=O)Nc1ccc([Si](C)(C)C)c(F)c1. The highest BCUT2D eigenvalue weighted by Crippen LogP contribution is 2.31. The van der Waals surface area contributed by atoms with Gasteiger partial charge in [-0.1, -0.05) is 25.7 Å². The number of anilines is 1. The minimum atomic E-state index is -1.85. The van der Waals surface area contributed by atoms with E-state index >= 15 is 0 Å². The Bertz CT molecular complexity index is 961. The second-order valence-corrected chi connectivity index (χ2v) is 13.0. The summed E-state index contributed by atoms with van der Waals surface area (Å²) in [4.78, 5) is 30.1. The van der Waals surface area contributed by atoms with Gasteiger partial charge in [0.1, 0.15) is 11.9 Å². The van der Waals surface area contributed by atoms with Crippen molar-refractivity contribution in [1.29, 1.82) is 0 Å². The Morgan fingerprint density at radius 1 is 1.28 bits per heavy atom. The first-order chi connectivity index (χ1) is 13.6. The molecule has 2 heterocycles.